The molecule has 5 heteroatoms. The normalized spacial score (nSPS) is 12.4. The van der Waals surface area contributed by atoms with E-state index in [-0.39, 0.29) is 17.4 Å². The van der Waals surface area contributed by atoms with Crippen LogP contribution in [0.25, 0.3) is 0 Å². The van der Waals surface area contributed by atoms with E-state index in [9.17, 15) is 13.9 Å². The lowest BCUT2D eigenvalue weighted by Gasteiger charge is -2.13. The number of halogens is 3. The fraction of sp³-hybridized carbons (Fsp3) is 0.200. The monoisotopic (exact) mass is 297 g/mol. The molecule has 0 aliphatic carbocycles. The Balaban J connectivity index is 1.90. The second kappa shape index (κ2) is 6.79. The van der Waals surface area contributed by atoms with E-state index < -0.39 is 11.9 Å². The van der Waals surface area contributed by atoms with Crippen LogP contribution >= 0.6 is 11.6 Å². The van der Waals surface area contributed by atoms with Crippen LogP contribution in [0, 0.1) is 11.6 Å². The molecule has 2 N–H and O–H groups in total. The van der Waals surface area contributed by atoms with Gasteiger partial charge in [-0.05, 0) is 23.8 Å². The van der Waals surface area contributed by atoms with Crippen molar-refractivity contribution in [2.24, 2.45) is 0 Å². The van der Waals surface area contributed by atoms with Crippen LogP contribution in [-0.2, 0) is 6.54 Å². The van der Waals surface area contributed by atoms with Crippen LogP contribution in [0.3, 0.4) is 0 Å². The number of rotatable bonds is 5. The zero-order chi connectivity index (χ0) is 14.5. The third kappa shape index (κ3) is 3.76. The highest BCUT2D eigenvalue weighted by Crippen LogP contribution is 2.20. The Morgan fingerprint density at radius 1 is 1.10 bits per heavy atom. The highest BCUT2D eigenvalue weighted by Gasteiger charge is 2.10. The topological polar surface area (TPSA) is 32.3 Å². The van der Waals surface area contributed by atoms with Crippen LogP contribution in [0.5, 0.6) is 0 Å². The zero-order valence-electron chi connectivity index (χ0n) is 10.6. The van der Waals surface area contributed by atoms with Gasteiger partial charge in [-0.2, -0.15) is 0 Å². The van der Waals surface area contributed by atoms with Crippen LogP contribution in [0.4, 0.5) is 8.78 Å². The fourth-order valence-corrected chi connectivity index (χ4v) is 1.94. The summed E-state index contributed by atoms with van der Waals surface area (Å²) in [4.78, 5) is 0. The predicted molar refractivity (Wildman–Crippen MR) is 74.5 cm³/mol. The highest BCUT2D eigenvalue weighted by atomic mass is 35.5. The number of aliphatic hydroxyl groups is 1. The van der Waals surface area contributed by atoms with Crippen molar-refractivity contribution in [1.82, 2.24) is 5.32 Å². The summed E-state index contributed by atoms with van der Waals surface area (Å²) in [5.41, 5.74) is 0.940. The summed E-state index contributed by atoms with van der Waals surface area (Å²) in [6.45, 7) is 0.481. The average Bonchev–Trinajstić information content (AvgIpc) is 2.44. The van der Waals surface area contributed by atoms with Gasteiger partial charge in [0, 0.05) is 18.7 Å². The minimum Gasteiger partial charge on any atom is -0.387 e. The lowest BCUT2D eigenvalue weighted by molar-refractivity contribution is 0.174. The van der Waals surface area contributed by atoms with Crippen molar-refractivity contribution >= 4 is 11.6 Å². The molecule has 0 spiro atoms. The molecule has 2 rings (SSSR count). The van der Waals surface area contributed by atoms with Gasteiger partial charge in [-0.15, -0.1) is 0 Å². The van der Waals surface area contributed by atoms with Crippen molar-refractivity contribution < 1.29 is 13.9 Å². The minimum absolute atomic E-state index is 0.0141. The first-order valence-corrected chi connectivity index (χ1v) is 6.53. The quantitative estimate of drug-likeness (QED) is 0.886. The standard InChI is InChI=1S/C15H14ClF2NO/c16-12-6-5-10(7-14(12)18)15(20)9-19-8-11-3-1-2-4-13(11)17/h1-7,15,19-20H,8-9H2. The predicted octanol–water partition coefficient (Wildman–Crippen LogP) is 3.44. The van der Waals surface area contributed by atoms with Gasteiger partial charge < -0.3 is 10.4 Å². The van der Waals surface area contributed by atoms with Gasteiger partial charge >= 0.3 is 0 Å². The van der Waals surface area contributed by atoms with E-state index in [1.165, 1.54) is 18.2 Å². The number of hydrogen-bond acceptors (Lipinski definition) is 2. The fourth-order valence-electron chi connectivity index (χ4n) is 1.82. The largest absolute Gasteiger partial charge is 0.387 e. The molecule has 2 aromatic rings. The number of nitrogens with one attached hydrogen (secondary N) is 1. The van der Waals surface area contributed by atoms with Crippen molar-refractivity contribution in [2.45, 2.75) is 12.6 Å². The van der Waals surface area contributed by atoms with Crippen molar-refractivity contribution in [1.29, 1.82) is 0 Å². The van der Waals surface area contributed by atoms with Crippen LogP contribution < -0.4 is 5.32 Å². The van der Waals surface area contributed by atoms with Gasteiger partial charge in [0.2, 0.25) is 0 Å². The van der Waals surface area contributed by atoms with E-state index >= 15 is 0 Å². The summed E-state index contributed by atoms with van der Waals surface area (Å²) in [5, 5.41) is 12.9. The van der Waals surface area contributed by atoms with E-state index in [2.05, 4.69) is 5.32 Å². The molecule has 0 radical (unpaired) electrons. The zero-order valence-corrected chi connectivity index (χ0v) is 11.4. The molecule has 0 aromatic heterocycles. The Bertz CT molecular complexity index is 592. The van der Waals surface area contributed by atoms with Gasteiger partial charge in [0.05, 0.1) is 11.1 Å². The van der Waals surface area contributed by atoms with Gasteiger partial charge in [-0.25, -0.2) is 8.78 Å². The summed E-state index contributed by atoms with van der Waals surface area (Å²) >= 11 is 5.57. The molecule has 0 fully saturated rings. The third-order valence-corrected chi connectivity index (χ3v) is 3.25. The molecule has 0 amide bonds. The van der Waals surface area contributed by atoms with Gasteiger partial charge in [-0.1, -0.05) is 35.9 Å². The summed E-state index contributed by atoms with van der Waals surface area (Å²) in [5.74, 6) is -0.871. The Morgan fingerprint density at radius 3 is 2.55 bits per heavy atom. The SMILES string of the molecule is OC(CNCc1ccccc1F)c1ccc(Cl)c(F)c1. The number of benzene rings is 2. The molecule has 1 unspecified atom stereocenters. The van der Waals surface area contributed by atoms with Crippen molar-refractivity contribution in [3.05, 3.63) is 70.2 Å². The summed E-state index contributed by atoms with van der Waals surface area (Å²) in [6, 6.07) is 10.5. The molecule has 2 nitrogen and oxygen atoms in total. The van der Waals surface area contributed by atoms with E-state index in [4.69, 9.17) is 11.6 Å². The number of hydrogen-bond donors (Lipinski definition) is 2. The first kappa shape index (κ1) is 14.9. The van der Waals surface area contributed by atoms with Crippen LogP contribution in [0.1, 0.15) is 17.2 Å². The first-order valence-electron chi connectivity index (χ1n) is 6.15. The average molecular weight is 298 g/mol. The molecular formula is C15H14ClF2NO. The summed E-state index contributed by atoms with van der Waals surface area (Å²) < 4.78 is 26.6. The van der Waals surface area contributed by atoms with Crippen LogP contribution in [-0.4, -0.2) is 11.7 Å². The molecule has 0 aliphatic heterocycles. The molecule has 0 aliphatic rings. The minimum atomic E-state index is -0.881. The number of aliphatic hydroxyl groups excluding tert-OH is 1. The van der Waals surface area contributed by atoms with E-state index in [1.807, 2.05) is 0 Å². The van der Waals surface area contributed by atoms with Crippen molar-refractivity contribution in [3.8, 4) is 0 Å². The van der Waals surface area contributed by atoms with E-state index in [1.54, 1.807) is 24.3 Å². The molecule has 0 saturated heterocycles. The van der Waals surface area contributed by atoms with E-state index in [0.717, 1.165) is 0 Å². The molecular weight excluding hydrogens is 284 g/mol. The van der Waals surface area contributed by atoms with Crippen molar-refractivity contribution in [3.63, 3.8) is 0 Å². The van der Waals surface area contributed by atoms with Crippen LogP contribution in [0.2, 0.25) is 5.02 Å². The first-order chi connectivity index (χ1) is 9.58. The third-order valence-electron chi connectivity index (χ3n) is 2.94. The maximum absolute atomic E-state index is 13.4. The van der Waals surface area contributed by atoms with Gasteiger partial charge in [0.25, 0.3) is 0 Å². The Kier molecular flexibility index (Phi) is 5.06. The second-order valence-electron chi connectivity index (χ2n) is 4.41. The molecule has 0 bridgehead atoms. The van der Waals surface area contributed by atoms with Gasteiger partial charge in [-0.3, -0.25) is 0 Å². The molecule has 106 valence electrons. The lowest BCUT2D eigenvalue weighted by Crippen LogP contribution is -2.21. The lowest BCUT2D eigenvalue weighted by atomic mass is 10.1. The summed E-state index contributed by atoms with van der Waals surface area (Å²) in [6.07, 6.45) is -0.881. The summed E-state index contributed by atoms with van der Waals surface area (Å²) in [7, 11) is 0. The van der Waals surface area contributed by atoms with E-state index in [0.29, 0.717) is 17.7 Å². The molecule has 20 heavy (non-hydrogen) atoms. The Labute approximate surface area is 121 Å². The van der Waals surface area contributed by atoms with Gasteiger partial charge in [0.1, 0.15) is 11.6 Å². The van der Waals surface area contributed by atoms with Crippen molar-refractivity contribution in [2.75, 3.05) is 6.54 Å². The Morgan fingerprint density at radius 2 is 1.85 bits per heavy atom. The van der Waals surface area contributed by atoms with Crippen LogP contribution in [0.15, 0.2) is 42.5 Å². The second-order valence-corrected chi connectivity index (χ2v) is 4.82. The van der Waals surface area contributed by atoms with Gasteiger partial charge in [0.15, 0.2) is 0 Å². The smallest absolute Gasteiger partial charge is 0.142 e. The molecule has 0 saturated carbocycles. The maximum Gasteiger partial charge on any atom is 0.142 e. The maximum atomic E-state index is 13.4. The molecule has 2 aromatic carbocycles. The molecule has 0 heterocycles. The Hall–Kier alpha value is -1.49. The molecule has 1 atom stereocenters. The highest BCUT2D eigenvalue weighted by molar-refractivity contribution is 6.30.